The summed E-state index contributed by atoms with van der Waals surface area (Å²) in [6.07, 6.45) is 3.55. The Balaban J connectivity index is 1.75. The minimum atomic E-state index is -0.112. The summed E-state index contributed by atoms with van der Waals surface area (Å²) in [7, 11) is 0. The molecule has 2 rings (SSSR count). The van der Waals surface area contributed by atoms with Gasteiger partial charge in [0.15, 0.2) is 0 Å². The van der Waals surface area contributed by atoms with Gasteiger partial charge in [0.1, 0.15) is 5.82 Å². The number of nitrogens with two attached hydrogens (primary N) is 1. The summed E-state index contributed by atoms with van der Waals surface area (Å²) >= 11 is 0. The second-order valence-corrected chi connectivity index (χ2v) is 5.13. The lowest BCUT2D eigenvalue weighted by atomic mass is 10.2. The zero-order chi connectivity index (χ0) is 13.5. The van der Waals surface area contributed by atoms with E-state index in [4.69, 9.17) is 5.73 Å². The van der Waals surface area contributed by atoms with Gasteiger partial charge in [0.2, 0.25) is 0 Å². The molecule has 0 bridgehead atoms. The Kier molecular flexibility index (Phi) is 5.61. The molecule has 1 aliphatic rings. The lowest BCUT2D eigenvalue weighted by Gasteiger charge is -2.36. The van der Waals surface area contributed by atoms with Crippen LogP contribution >= 0.6 is 0 Å². The zero-order valence-corrected chi connectivity index (χ0v) is 11.5. The third-order valence-electron chi connectivity index (χ3n) is 3.74. The third kappa shape index (κ3) is 4.18. The Morgan fingerprint density at radius 2 is 1.74 bits per heavy atom. The fourth-order valence-electron chi connectivity index (χ4n) is 2.58. The minimum absolute atomic E-state index is 0.112. The van der Waals surface area contributed by atoms with E-state index in [0.717, 1.165) is 51.4 Å². The first-order valence-corrected chi connectivity index (χ1v) is 7.23. The van der Waals surface area contributed by atoms with E-state index in [-0.39, 0.29) is 5.82 Å². The van der Waals surface area contributed by atoms with Gasteiger partial charge in [-0.2, -0.15) is 0 Å². The van der Waals surface area contributed by atoms with Crippen LogP contribution in [-0.2, 0) is 0 Å². The topological polar surface area (TPSA) is 32.5 Å². The molecule has 1 aliphatic heterocycles. The average molecular weight is 265 g/mol. The summed E-state index contributed by atoms with van der Waals surface area (Å²) in [6, 6.07) is 7.05. The predicted molar refractivity (Wildman–Crippen MR) is 78.0 cm³/mol. The Bertz CT molecular complexity index is 375. The molecular weight excluding hydrogens is 241 g/mol. The molecule has 106 valence electrons. The van der Waals surface area contributed by atoms with E-state index in [0.29, 0.717) is 0 Å². The van der Waals surface area contributed by atoms with Crippen molar-refractivity contribution in [3.8, 4) is 0 Å². The van der Waals surface area contributed by atoms with Crippen LogP contribution < -0.4 is 10.6 Å². The highest BCUT2D eigenvalue weighted by Crippen LogP contribution is 2.20. The van der Waals surface area contributed by atoms with Crippen molar-refractivity contribution >= 4 is 5.69 Å². The highest BCUT2D eigenvalue weighted by molar-refractivity contribution is 5.47. The fourth-order valence-corrected chi connectivity index (χ4v) is 2.58. The molecule has 19 heavy (non-hydrogen) atoms. The summed E-state index contributed by atoms with van der Waals surface area (Å²) in [6.45, 7) is 5.82. The van der Waals surface area contributed by atoms with Gasteiger partial charge < -0.3 is 10.6 Å². The van der Waals surface area contributed by atoms with Gasteiger partial charge in [0.05, 0.1) is 5.69 Å². The molecule has 1 aromatic carbocycles. The van der Waals surface area contributed by atoms with E-state index in [9.17, 15) is 4.39 Å². The van der Waals surface area contributed by atoms with Gasteiger partial charge in [-0.15, -0.1) is 0 Å². The third-order valence-corrected chi connectivity index (χ3v) is 3.74. The van der Waals surface area contributed by atoms with E-state index >= 15 is 0 Å². The number of para-hydroxylation sites is 1. The molecule has 0 atom stereocenters. The summed E-state index contributed by atoms with van der Waals surface area (Å²) in [4.78, 5) is 4.61. The first-order chi connectivity index (χ1) is 9.31. The molecule has 1 aromatic rings. The molecule has 1 fully saturated rings. The van der Waals surface area contributed by atoms with Crippen LogP contribution in [0.25, 0.3) is 0 Å². The lowest BCUT2D eigenvalue weighted by molar-refractivity contribution is 0.252. The molecule has 0 aliphatic carbocycles. The van der Waals surface area contributed by atoms with Crippen molar-refractivity contribution in [1.29, 1.82) is 0 Å². The van der Waals surface area contributed by atoms with Crippen LogP contribution in [0.3, 0.4) is 0 Å². The van der Waals surface area contributed by atoms with Crippen LogP contribution in [0.4, 0.5) is 10.1 Å². The fraction of sp³-hybridized carbons (Fsp3) is 0.600. The molecule has 0 amide bonds. The number of nitrogens with zero attached hydrogens (tertiary/aromatic N) is 2. The molecule has 4 heteroatoms. The number of halogens is 1. The number of unbranched alkanes of at least 4 members (excludes halogenated alkanes) is 2. The molecule has 0 radical (unpaired) electrons. The monoisotopic (exact) mass is 265 g/mol. The Morgan fingerprint density at radius 3 is 2.42 bits per heavy atom. The van der Waals surface area contributed by atoms with Crippen LogP contribution in [0.2, 0.25) is 0 Å². The largest absolute Gasteiger partial charge is 0.367 e. The van der Waals surface area contributed by atoms with Gasteiger partial charge in [0, 0.05) is 26.2 Å². The van der Waals surface area contributed by atoms with Crippen LogP contribution in [0.5, 0.6) is 0 Å². The number of benzene rings is 1. The van der Waals surface area contributed by atoms with E-state index in [1.54, 1.807) is 6.07 Å². The van der Waals surface area contributed by atoms with Crippen molar-refractivity contribution in [2.75, 3.05) is 44.2 Å². The smallest absolute Gasteiger partial charge is 0.146 e. The van der Waals surface area contributed by atoms with Crippen LogP contribution in [0.1, 0.15) is 19.3 Å². The molecular formula is C15H24FN3. The van der Waals surface area contributed by atoms with Gasteiger partial charge in [-0.05, 0) is 38.1 Å². The highest BCUT2D eigenvalue weighted by Gasteiger charge is 2.18. The van der Waals surface area contributed by atoms with Gasteiger partial charge in [-0.3, -0.25) is 4.90 Å². The molecule has 1 saturated heterocycles. The molecule has 3 nitrogen and oxygen atoms in total. The van der Waals surface area contributed by atoms with E-state index in [1.165, 1.54) is 18.9 Å². The molecule has 0 saturated carbocycles. The van der Waals surface area contributed by atoms with Crippen molar-refractivity contribution < 1.29 is 4.39 Å². The van der Waals surface area contributed by atoms with Gasteiger partial charge >= 0.3 is 0 Å². The van der Waals surface area contributed by atoms with E-state index in [1.807, 2.05) is 12.1 Å². The standard InChI is InChI=1S/C15H24FN3/c16-14-6-2-3-7-15(14)19-12-10-18(11-13-19)9-5-1-4-8-17/h2-3,6-7H,1,4-5,8-13,17H2. The summed E-state index contributed by atoms with van der Waals surface area (Å²) < 4.78 is 13.7. The number of hydrogen-bond donors (Lipinski definition) is 1. The Hall–Kier alpha value is -1.13. The van der Waals surface area contributed by atoms with Gasteiger partial charge in [-0.1, -0.05) is 18.6 Å². The maximum absolute atomic E-state index is 13.7. The summed E-state index contributed by atoms with van der Waals surface area (Å²) in [5, 5.41) is 0. The van der Waals surface area contributed by atoms with Crippen LogP contribution in [0.15, 0.2) is 24.3 Å². The lowest BCUT2D eigenvalue weighted by Crippen LogP contribution is -2.46. The number of piperazine rings is 1. The first-order valence-electron chi connectivity index (χ1n) is 7.23. The Labute approximate surface area is 115 Å². The summed E-state index contributed by atoms with van der Waals surface area (Å²) in [5.41, 5.74) is 6.23. The second-order valence-electron chi connectivity index (χ2n) is 5.13. The Morgan fingerprint density at radius 1 is 1.00 bits per heavy atom. The maximum atomic E-state index is 13.7. The van der Waals surface area contributed by atoms with Crippen molar-refractivity contribution in [2.45, 2.75) is 19.3 Å². The molecule has 1 heterocycles. The van der Waals surface area contributed by atoms with Crippen molar-refractivity contribution in [2.24, 2.45) is 5.73 Å². The number of rotatable bonds is 6. The van der Waals surface area contributed by atoms with Crippen molar-refractivity contribution in [3.63, 3.8) is 0 Å². The normalized spacial score (nSPS) is 16.8. The number of hydrogen-bond acceptors (Lipinski definition) is 3. The summed E-state index contributed by atoms with van der Waals surface area (Å²) in [5.74, 6) is -0.112. The first kappa shape index (κ1) is 14.3. The second kappa shape index (κ2) is 7.46. The maximum Gasteiger partial charge on any atom is 0.146 e. The van der Waals surface area contributed by atoms with Crippen LogP contribution in [0, 0.1) is 5.82 Å². The molecule has 2 N–H and O–H groups in total. The van der Waals surface area contributed by atoms with E-state index < -0.39 is 0 Å². The van der Waals surface area contributed by atoms with Crippen LogP contribution in [-0.4, -0.2) is 44.2 Å². The number of anilines is 1. The van der Waals surface area contributed by atoms with Crippen molar-refractivity contribution in [1.82, 2.24) is 4.90 Å². The highest BCUT2D eigenvalue weighted by atomic mass is 19.1. The molecule has 0 spiro atoms. The quantitative estimate of drug-likeness (QED) is 0.799. The zero-order valence-electron chi connectivity index (χ0n) is 11.5. The minimum Gasteiger partial charge on any atom is -0.367 e. The molecule has 0 aromatic heterocycles. The average Bonchev–Trinajstić information content (AvgIpc) is 2.45. The van der Waals surface area contributed by atoms with E-state index in [2.05, 4.69) is 9.80 Å². The van der Waals surface area contributed by atoms with Gasteiger partial charge in [-0.25, -0.2) is 4.39 Å². The molecule has 0 unspecified atom stereocenters. The van der Waals surface area contributed by atoms with Crippen molar-refractivity contribution in [3.05, 3.63) is 30.1 Å². The SMILES string of the molecule is NCCCCCN1CCN(c2ccccc2F)CC1. The van der Waals surface area contributed by atoms with Gasteiger partial charge in [0.25, 0.3) is 0 Å². The predicted octanol–water partition coefficient (Wildman–Crippen LogP) is 2.08.